The van der Waals surface area contributed by atoms with Crippen molar-refractivity contribution in [2.45, 2.75) is 33.4 Å². The molecule has 1 fully saturated rings. The Bertz CT molecular complexity index is 1000. The van der Waals surface area contributed by atoms with Gasteiger partial charge in [-0.1, -0.05) is 13.8 Å². The number of benzene rings is 1. The van der Waals surface area contributed by atoms with Crippen LogP contribution in [0.2, 0.25) is 0 Å². The normalized spacial score (nSPS) is 17.1. The molecule has 0 bridgehead atoms. The highest BCUT2D eigenvalue weighted by Crippen LogP contribution is 2.31. The van der Waals surface area contributed by atoms with Gasteiger partial charge in [0.05, 0.1) is 23.6 Å². The van der Waals surface area contributed by atoms with Crippen LogP contribution in [0.4, 0.5) is 14.5 Å². The van der Waals surface area contributed by atoms with E-state index in [1.54, 1.807) is 11.8 Å². The van der Waals surface area contributed by atoms with Gasteiger partial charge in [0.1, 0.15) is 17.1 Å². The van der Waals surface area contributed by atoms with Crippen LogP contribution in [0.1, 0.15) is 31.1 Å². The van der Waals surface area contributed by atoms with E-state index in [2.05, 4.69) is 4.90 Å². The standard InChI is InChI=1S/C21H27F2N3O4/c1-4-24(5-2)10-13-11-26(7-8-30-13)19-16(22)9-14-18(17(19)23)25(6-3)12-15(20(14)27)21(28)29/h9,12-13H,4-8,10-11H2,1-3H3,(H,28,29). The Hall–Kier alpha value is -2.52. The Kier molecular flexibility index (Phi) is 6.72. The quantitative estimate of drug-likeness (QED) is 0.738. The fraction of sp³-hybridized carbons (Fsp3) is 0.524. The summed E-state index contributed by atoms with van der Waals surface area (Å²) in [5.74, 6) is -3.17. The number of anilines is 1. The Morgan fingerprint density at radius 3 is 2.60 bits per heavy atom. The van der Waals surface area contributed by atoms with Crippen LogP contribution in [0.25, 0.3) is 10.9 Å². The van der Waals surface area contributed by atoms with E-state index >= 15 is 8.78 Å². The second kappa shape index (κ2) is 9.09. The molecule has 0 spiro atoms. The number of hydrogen-bond donors (Lipinski definition) is 1. The summed E-state index contributed by atoms with van der Waals surface area (Å²) >= 11 is 0. The lowest BCUT2D eigenvalue weighted by molar-refractivity contribution is 0.0173. The molecule has 1 saturated heterocycles. The predicted molar refractivity (Wildman–Crippen MR) is 110 cm³/mol. The van der Waals surface area contributed by atoms with E-state index < -0.39 is 28.6 Å². The molecule has 0 saturated carbocycles. The van der Waals surface area contributed by atoms with E-state index in [1.165, 1.54) is 4.57 Å². The van der Waals surface area contributed by atoms with Gasteiger partial charge in [-0.25, -0.2) is 13.6 Å². The van der Waals surface area contributed by atoms with E-state index in [9.17, 15) is 14.7 Å². The van der Waals surface area contributed by atoms with Crippen LogP contribution in [-0.2, 0) is 11.3 Å². The molecule has 9 heteroatoms. The maximum absolute atomic E-state index is 15.6. The number of halogens is 2. The lowest BCUT2D eigenvalue weighted by atomic mass is 10.1. The SMILES string of the molecule is CCN(CC)CC1CN(c2c(F)cc3c(=O)c(C(=O)O)cn(CC)c3c2F)CCO1. The molecule has 0 radical (unpaired) electrons. The summed E-state index contributed by atoms with van der Waals surface area (Å²) in [6.45, 7) is 9.35. The third kappa shape index (κ3) is 4.04. The van der Waals surface area contributed by atoms with Crippen LogP contribution < -0.4 is 10.3 Å². The number of fused-ring (bicyclic) bond motifs is 1. The van der Waals surface area contributed by atoms with Gasteiger partial charge in [-0.15, -0.1) is 0 Å². The van der Waals surface area contributed by atoms with Gasteiger partial charge in [0, 0.05) is 32.4 Å². The summed E-state index contributed by atoms with van der Waals surface area (Å²) in [7, 11) is 0. The number of carbonyl (C=O) groups is 1. The van der Waals surface area contributed by atoms with Crippen LogP contribution in [0.5, 0.6) is 0 Å². The molecular weight excluding hydrogens is 396 g/mol. The number of nitrogens with zero attached hydrogens (tertiary/aromatic N) is 3. The van der Waals surface area contributed by atoms with Crippen molar-refractivity contribution in [2.75, 3.05) is 44.2 Å². The largest absolute Gasteiger partial charge is 0.477 e. The maximum Gasteiger partial charge on any atom is 0.341 e. The average Bonchev–Trinajstić information content (AvgIpc) is 2.72. The zero-order valence-electron chi connectivity index (χ0n) is 17.5. The molecule has 2 heterocycles. The summed E-state index contributed by atoms with van der Waals surface area (Å²) < 4.78 is 37.7. The van der Waals surface area contributed by atoms with Gasteiger partial charge in [-0.05, 0) is 26.1 Å². The van der Waals surface area contributed by atoms with E-state index in [0.717, 1.165) is 25.4 Å². The molecule has 2 aromatic rings. The van der Waals surface area contributed by atoms with Crippen molar-refractivity contribution in [3.8, 4) is 0 Å². The number of aromatic nitrogens is 1. The molecule has 0 amide bonds. The second-order valence-electron chi connectivity index (χ2n) is 7.30. The van der Waals surface area contributed by atoms with Gasteiger partial charge in [0.15, 0.2) is 5.82 Å². The zero-order chi connectivity index (χ0) is 22.0. The topological polar surface area (TPSA) is 75.0 Å². The Balaban J connectivity index is 2.08. The number of hydrogen-bond acceptors (Lipinski definition) is 5. The molecule has 30 heavy (non-hydrogen) atoms. The first-order chi connectivity index (χ1) is 14.3. The number of aryl methyl sites for hydroxylation is 1. The summed E-state index contributed by atoms with van der Waals surface area (Å²) in [4.78, 5) is 27.7. The van der Waals surface area contributed by atoms with Crippen molar-refractivity contribution in [1.82, 2.24) is 9.47 Å². The molecular formula is C21H27F2N3O4. The molecule has 1 aromatic heterocycles. The van der Waals surface area contributed by atoms with Crippen molar-refractivity contribution < 1.29 is 23.4 Å². The van der Waals surface area contributed by atoms with E-state index in [1.807, 2.05) is 13.8 Å². The number of pyridine rings is 1. The first-order valence-electron chi connectivity index (χ1n) is 10.2. The lowest BCUT2D eigenvalue weighted by Gasteiger charge is -2.37. The number of carboxylic acids is 1. The molecule has 3 rings (SSSR count). The smallest absolute Gasteiger partial charge is 0.341 e. The fourth-order valence-corrected chi connectivity index (χ4v) is 3.97. The minimum Gasteiger partial charge on any atom is -0.477 e. The van der Waals surface area contributed by atoms with Crippen LogP contribution >= 0.6 is 0 Å². The lowest BCUT2D eigenvalue weighted by Crippen LogP contribution is -2.48. The highest BCUT2D eigenvalue weighted by Gasteiger charge is 2.29. The van der Waals surface area contributed by atoms with E-state index in [0.29, 0.717) is 26.2 Å². The highest BCUT2D eigenvalue weighted by atomic mass is 19.1. The second-order valence-corrected chi connectivity index (χ2v) is 7.30. The Morgan fingerprint density at radius 2 is 2.00 bits per heavy atom. The van der Waals surface area contributed by atoms with E-state index in [4.69, 9.17) is 4.74 Å². The molecule has 1 N–H and O–H groups in total. The van der Waals surface area contributed by atoms with Crippen molar-refractivity contribution in [1.29, 1.82) is 0 Å². The van der Waals surface area contributed by atoms with Crippen LogP contribution in [0.15, 0.2) is 17.1 Å². The van der Waals surface area contributed by atoms with Crippen LogP contribution in [-0.4, -0.2) is 66.0 Å². The molecule has 1 unspecified atom stereocenters. The predicted octanol–water partition coefficient (Wildman–Crippen LogP) is 2.54. The summed E-state index contributed by atoms with van der Waals surface area (Å²) in [6.07, 6.45) is 0.913. The monoisotopic (exact) mass is 423 g/mol. The Morgan fingerprint density at radius 1 is 1.30 bits per heavy atom. The molecule has 0 aliphatic carbocycles. The summed E-state index contributed by atoms with van der Waals surface area (Å²) in [6, 6.07) is 0.948. The molecule has 164 valence electrons. The van der Waals surface area contributed by atoms with Crippen LogP contribution in [0, 0.1) is 11.6 Å². The highest BCUT2D eigenvalue weighted by molar-refractivity contribution is 5.93. The Labute approximate surface area is 173 Å². The number of morpholine rings is 1. The van der Waals surface area contributed by atoms with Gasteiger partial charge < -0.3 is 24.2 Å². The van der Waals surface area contributed by atoms with Gasteiger partial charge in [-0.3, -0.25) is 4.79 Å². The first kappa shape index (κ1) is 22.2. The molecule has 1 atom stereocenters. The minimum absolute atomic E-state index is 0.0873. The minimum atomic E-state index is -1.43. The molecule has 1 aliphatic rings. The first-order valence-corrected chi connectivity index (χ1v) is 10.2. The third-order valence-electron chi connectivity index (χ3n) is 5.61. The van der Waals surface area contributed by atoms with Gasteiger partial charge in [-0.2, -0.15) is 0 Å². The van der Waals surface area contributed by atoms with Crippen molar-refractivity contribution in [2.24, 2.45) is 0 Å². The molecule has 1 aliphatic heterocycles. The van der Waals surface area contributed by atoms with Gasteiger partial charge in [0.2, 0.25) is 5.43 Å². The number of carboxylic acid groups (broad SMARTS) is 1. The number of ether oxygens (including phenoxy) is 1. The zero-order valence-corrected chi connectivity index (χ0v) is 17.5. The number of aromatic carboxylic acids is 1. The van der Waals surface area contributed by atoms with E-state index in [-0.39, 0.29) is 29.2 Å². The van der Waals surface area contributed by atoms with Gasteiger partial charge in [0.25, 0.3) is 0 Å². The fourth-order valence-electron chi connectivity index (χ4n) is 3.97. The summed E-state index contributed by atoms with van der Waals surface area (Å²) in [5, 5.41) is 8.98. The molecule has 1 aromatic carbocycles. The van der Waals surface area contributed by atoms with Gasteiger partial charge >= 0.3 is 5.97 Å². The molecule has 7 nitrogen and oxygen atoms in total. The van der Waals surface area contributed by atoms with Crippen molar-refractivity contribution >= 4 is 22.6 Å². The van der Waals surface area contributed by atoms with Crippen LogP contribution in [0.3, 0.4) is 0 Å². The summed E-state index contributed by atoms with van der Waals surface area (Å²) in [5.41, 5.74) is -1.70. The maximum atomic E-state index is 15.6. The average molecular weight is 423 g/mol. The number of rotatable bonds is 7. The number of likely N-dealkylation sites (N-methyl/N-ethyl adjacent to an activating group) is 1. The third-order valence-corrected chi connectivity index (χ3v) is 5.61. The van der Waals surface area contributed by atoms with Crippen molar-refractivity contribution in [3.63, 3.8) is 0 Å². The van der Waals surface area contributed by atoms with Crippen molar-refractivity contribution in [3.05, 3.63) is 39.7 Å².